The molecule has 0 amide bonds. The quantitative estimate of drug-likeness (QED) is 0.455. The SMILES string of the molecule is COC(=O)CCc1ccc(OS(=O)(=O)C(F)(F)F)c2c1CCCC2. The van der Waals surface area contributed by atoms with E-state index in [0.717, 1.165) is 24.0 Å². The fraction of sp³-hybridized carbons (Fsp3) is 0.533. The minimum atomic E-state index is -5.70. The lowest BCUT2D eigenvalue weighted by Crippen LogP contribution is -2.28. The van der Waals surface area contributed by atoms with Crippen molar-refractivity contribution in [2.24, 2.45) is 0 Å². The Bertz CT molecular complexity index is 725. The first-order valence-electron chi connectivity index (χ1n) is 7.37. The maximum atomic E-state index is 12.5. The first-order chi connectivity index (χ1) is 11.2. The molecule has 5 nitrogen and oxygen atoms in total. The maximum absolute atomic E-state index is 12.5. The molecule has 0 aromatic heterocycles. The van der Waals surface area contributed by atoms with Gasteiger partial charge in [0.15, 0.2) is 0 Å². The summed E-state index contributed by atoms with van der Waals surface area (Å²) in [5.41, 5.74) is -3.44. The molecule has 1 aromatic carbocycles. The first kappa shape index (κ1) is 18.6. The van der Waals surface area contributed by atoms with E-state index in [0.29, 0.717) is 24.8 Å². The van der Waals surface area contributed by atoms with Crippen molar-refractivity contribution in [1.82, 2.24) is 0 Å². The Morgan fingerprint density at radius 3 is 2.38 bits per heavy atom. The largest absolute Gasteiger partial charge is 0.534 e. The molecule has 134 valence electrons. The van der Waals surface area contributed by atoms with Gasteiger partial charge in [-0.1, -0.05) is 6.07 Å². The molecular weight excluding hydrogens is 349 g/mol. The normalized spacial score (nSPS) is 14.8. The third-order valence-corrected chi connectivity index (χ3v) is 4.86. The second-order valence-electron chi connectivity index (χ2n) is 5.45. The Morgan fingerprint density at radius 1 is 1.17 bits per heavy atom. The van der Waals surface area contributed by atoms with E-state index in [-0.39, 0.29) is 18.1 Å². The lowest BCUT2D eigenvalue weighted by atomic mass is 9.86. The second kappa shape index (κ2) is 7.00. The molecule has 24 heavy (non-hydrogen) atoms. The number of carbonyl (C=O) groups is 1. The van der Waals surface area contributed by atoms with Gasteiger partial charge in [-0.2, -0.15) is 21.6 Å². The third kappa shape index (κ3) is 4.00. The average molecular weight is 366 g/mol. The van der Waals surface area contributed by atoms with Gasteiger partial charge in [-0.3, -0.25) is 4.79 Å². The van der Waals surface area contributed by atoms with Gasteiger partial charge in [0.05, 0.1) is 7.11 Å². The van der Waals surface area contributed by atoms with Crippen LogP contribution in [0.3, 0.4) is 0 Å². The molecule has 0 atom stereocenters. The number of methoxy groups -OCH3 is 1. The molecule has 2 rings (SSSR count). The zero-order valence-corrected chi connectivity index (χ0v) is 13.8. The summed E-state index contributed by atoms with van der Waals surface area (Å²) in [6.07, 6.45) is 3.13. The van der Waals surface area contributed by atoms with Crippen LogP contribution in [0.1, 0.15) is 36.0 Å². The van der Waals surface area contributed by atoms with E-state index in [2.05, 4.69) is 8.92 Å². The molecule has 0 spiro atoms. The van der Waals surface area contributed by atoms with E-state index >= 15 is 0 Å². The van der Waals surface area contributed by atoms with E-state index in [9.17, 15) is 26.4 Å². The van der Waals surface area contributed by atoms with Gasteiger partial charge in [-0.15, -0.1) is 0 Å². The lowest BCUT2D eigenvalue weighted by molar-refractivity contribution is -0.140. The molecule has 0 N–H and O–H groups in total. The van der Waals surface area contributed by atoms with Crippen molar-refractivity contribution >= 4 is 16.1 Å². The summed E-state index contributed by atoms with van der Waals surface area (Å²) >= 11 is 0. The molecule has 0 bridgehead atoms. The van der Waals surface area contributed by atoms with Gasteiger partial charge in [-0.05, 0) is 54.9 Å². The minimum Gasteiger partial charge on any atom is -0.469 e. The van der Waals surface area contributed by atoms with E-state index in [4.69, 9.17) is 0 Å². The van der Waals surface area contributed by atoms with Crippen molar-refractivity contribution in [3.8, 4) is 5.75 Å². The van der Waals surface area contributed by atoms with Gasteiger partial charge in [0.25, 0.3) is 0 Å². The summed E-state index contributed by atoms with van der Waals surface area (Å²) in [4.78, 5) is 11.3. The number of carbonyl (C=O) groups excluding carboxylic acids is 1. The van der Waals surface area contributed by atoms with Crippen LogP contribution in [0.2, 0.25) is 0 Å². The zero-order valence-electron chi connectivity index (χ0n) is 13.0. The van der Waals surface area contributed by atoms with E-state index in [1.54, 1.807) is 0 Å². The topological polar surface area (TPSA) is 69.7 Å². The van der Waals surface area contributed by atoms with E-state index in [1.807, 2.05) is 0 Å². The number of alkyl halides is 3. The monoisotopic (exact) mass is 366 g/mol. The van der Waals surface area contributed by atoms with Crippen LogP contribution < -0.4 is 4.18 Å². The molecule has 0 fully saturated rings. The first-order valence-corrected chi connectivity index (χ1v) is 8.77. The van der Waals surface area contributed by atoms with Gasteiger partial charge in [-0.25, -0.2) is 0 Å². The van der Waals surface area contributed by atoms with Crippen molar-refractivity contribution in [2.75, 3.05) is 7.11 Å². The van der Waals surface area contributed by atoms with Crippen molar-refractivity contribution in [2.45, 2.75) is 44.0 Å². The predicted octanol–water partition coefficient (Wildman–Crippen LogP) is 2.90. The molecule has 1 aliphatic carbocycles. The van der Waals surface area contributed by atoms with Gasteiger partial charge in [0.2, 0.25) is 0 Å². The minimum absolute atomic E-state index is 0.143. The Balaban J connectivity index is 2.34. The highest BCUT2D eigenvalue weighted by Gasteiger charge is 2.48. The number of hydrogen-bond donors (Lipinski definition) is 0. The standard InChI is InChI=1S/C15H17F3O5S/c1-22-14(19)9-7-10-6-8-13(12-5-3-2-4-11(10)12)23-24(20,21)15(16,17)18/h6,8H,2-5,7,9H2,1H3. The van der Waals surface area contributed by atoms with Crippen molar-refractivity contribution in [1.29, 1.82) is 0 Å². The fourth-order valence-electron chi connectivity index (χ4n) is 2.73. The molecule has 0 unspecified atom stereocenters. The summed E-state index contributed by atoms with van der Waals surface area (Å²) in [6, 6.07) is 2.73. The Labute approximate surface area is 137 Å². The van der Waals surface area contributed by atoms with Crippen LogP contribution in [-0.4, -0.2) is 27.0 Å². The molecule has 1 aromatic rings. The van der Waals surface area contributed by atoms with Gasteiger partial charge >= 0.3 is 21.6 Å². The number of benzene rings is 1. The number of rotatable bonds is 5. The number of aryl methyl sites for hydroxylation is 1. The molecule has 0 radical (unpaired) electrons. The molecular formula is C15H17F3O5S. The predicted molar refractivity (Wildman–Crippen MR) is 79.0 cm³/mol. The Kier molecular flexibility index (Phi) is 5.42. The fourth-order valence-corrected chi connectivity index (χ4v) is 3.21. The number of ether oxygens (including phenoxy) is 1. The van der Waals surface area contributed by atoms with Crippen molar-refractivity contribution in [3.63, 3.8) is 0 Å². The highest BCUT2D eigenvalue weighted by molar-refractivity contribution is 7.88. The van der Waals surface area contributed by atoms with Crippen LogP contribution in [0.4, 0.5) is 13.2 Å². The number of hydrogen-bond acceptors (Lipinski definition) is 5. The van der Waals surface area contributed by atoms with E-state index in [1.165, 1.54) is 19.2 Å². The summed E-state index contributed by atoms with van der Waals surface area (Å²) in [5, 5.41) is 0. The Morgan fingerprint density at radius 2 is 1.79 bits per heavy atom. The van der Waals surface area contributed by atoms with Crippen LogP contribution in [0.15, 0.2) is 12.1 Å². The highest BCUT2D eigenvalue weighted by Crippen LogP contribution is 2.36. The van der Waals surface area contributed by atoms with Gasteiger partial charge in [0.1, 0.15) is 5.75 Å². The highest BCUT2D eigenvalue weighted by atomic mass is 32.2. The van der Waals surface area contributed by atoms with Crippen LogP contribution >= 0.6 is 0 Å². The summed E-state index contributed by atoms with van der Waals surface area (Å²) in [5.74, 6) is -0.677. The molecule has 9 heteroatoms. The van der Waals surface area contributed by atoms with E-state index < -0.39 is 15.6 Å². The summed E-state index contributed by atoms with van der Waals surface area (Å²) in [7, 11) is -4.43. The van der Waals surface area contributed by atoms with Crippen LogP contribution in [0.25, 0.3) is 0 Å². The number of fused-ring (bicyclic) bond motifs is 1. The van der Waals surface area contributed by atoms with Crippen molar-refractivity contribution in [3.05, 3.63) is 28.8 Å². The molecule has 0 saturated carbocycles. The maximum Gasteiger partial charge on any atom is 0.534 e. The molecule has 0 saturated heterocycles. The van der Waals surface area contributed by atoms with Gasteiger partial charge in [0, 0.05) is 6.42 Å². The zero-order chi connectivity index (χ0) is 18.0. The van der Waals surface area contributed by atoms with Crippen LogP contribution in [-0.2, 0) is 38.9 Å². The second-order valence-corrected chi connectivity index (χ2v) is 6.98. The molecule has 1 aliphatic rings. The molecule has 0 heterocycles. The number of esters is 1. The van der Waals surface area contributed by atoms with Crippen molar-refractivity contribution < 1.29 is 35.3 Å². The van der Waals surface area contributed by atoms with Crippen LogP contribution in [0, 0.1) is 0 Å². The smallest absolute Gasteiger partial charge is 0.469 e. The number of halogens is 3. The Hall–Kier alpha value is -1.77. The average Bonchev–Trinajstić information content (AvgIpc) is 2.52. The lowest BCUT2D eigenvalue weighted by Gasteiger charge is -2.22. The summed E-state index contributed by atoms with van der Waals surface area (Å²) in [6.45, 7) is 0. The molecule has 0 aliphatic heterocycles. The third-order valence-electron chi connectivity index (χ3n) is 3.90. The van der Waals surface area contributed by atoms with Gasteiger partial charge < -0.3 is 8.92 Å². The summed E-state index contributed by atoms with van der Waals surface area (Å²) < 4.78 is 68.9. The van der Waals surface area contributed by atoms with Crippen LogP contribution in [0.5, 0.6) is 5.75 Å².